The molecule has 1 heterocycles. The fourth-order valence-corrected chi connectivity index (χ4v) is 3.33. The summed E-state index contributed by atoms with van der Waals surface area (Å²) in [5.74, 6) is -0.536. The molecule has 0 radical (unpaired) electrons. The average molecular weight is 433 g/mol. The number of hydrogen-bond acceptors (Lipinski definition) is 4. The molecular weight excluding hydrogens is 416 g/mol. The van der Waals surface area contributed by atoms with E-state index in [1.807, 2.05) is 0 Å². The van der Waals surface area contributed by atoms with Crippen molar-refractivity contribution < 1.29 is 17.6 Å². The van der Waals surface area contributed by atoms with Gasteiger partial charge in [0.15, 0.2) is 5.69 Å². The molecule has 0 amide bonds. The molecule has 26 heavy (non-hydrogen) atoms. The van der Waals surface area contributed by atoms with Gasteiger partial charge in [-0.25, -0.2) is 9.37 Å². The molecular formula is C17H17BrF4N4. The molecule has 2 N–H and O–H groups in total. The summed E-state index contributed by atoms with van der Waals surface area (Å²) in [7, 11) is 0. The van der Waals surface area contributed by atoms with Crippen molar-refractivity contribution in [1.29, 1.82) is 0 Å². The fraction of sp³-hybridized carbons (Fsp3) is 0.412. The van der Waals surface area contributed by atoms with Crippen LogP contribution < -0.4 is 10.6 Å². The van der Waals surface area contributed by atoms with E-state index in [4.69, 9.17) is 0 Å². The summed E-state index contributed by atoms with van der Waals surface area (Å²) in [6.45, 7) is 0. The first-order valence-electron chi connectivity index (χ1n) is 8.26. The van der Waals surface area contributed by atoms with Gasteiger partial charge in [0.1, 0.15) is 11.6 Å². The van der Waals surface area contributed by atoms with Gasteiger partial charge in [-0.2, -0.15) is 18.2 Å². The van der Waals surface area contributed by atoms with Crippen LogP contribution >= 0.6 is 15.9 Å². The molecule has 0 aliphatic heterocycles. The van der Waals surface area contributed by atoms with E-state index < -0.39 is 17.7 Å². The molecule has 0 unspecified atom stereocenters. The zero-order chi connectivity index (χ0) is 18.7. The van der Waals surface area contributed by atoms with Crippen molar-refractivity contribution in [3.8, 4) is 0 Å². The molecule has 0 saturated heterocycles. The summed E-state index contributed by atoms with van der Waals surface area (Å²) in [5, 5.41) is 5.79. The lowest BCUT2D eigenvalue weighted by Crippen LogP contribution is -2.24. The van der Waals surface area contributed by atoms with Gasteiger partial charge < -0.3 is 10.6 Å². The van der Waals surface area contributed by atoms with Crippen LogP contribution in [0.3, 0.4) is 0 Å². The Morgan fingerprint density at radius 1 is 1.04 bits per heavy atom. The Balaban J connectivity index is 1.89. The molecule has 1 aromatic carbocycles. The van der Waals surface area contributed by atoms with Crippen LogP contribution in [0.5, 0.6) is 0 Å². The summed E-state index contributed by atoms with van der Waals surface area (Å²) in [6.07, 6.45) is 0.363. The van der Waals surface area contributed by atoms with Gasteiger partial charge in [-0.1, -0.05) is 19.3 Å². The molecule has 1 aromatic heterocycles. The molecule has 140 valence electrons. The monoisotopic (exact) mass is 432 g/mol. The standard InChI is InChI=1S/C17H17BrF4N4/c18-12-8-10(19)6-7-13(12)24-15-9-14(17(20,21)22)25-16(26-15)23-11-4-2-1-3-5-11/h6-9,11H,1-5H2,(H2,23,24,25,26). The smallest absolute Gasteiger partial charge is 0.351 e. The van der Waals surface area contributed by atoms with Gasteiger partial charge in [0.05, 0.1) is 5.69 Å². The number of nitrogens with one attached hydrogen (secondary N) is 2. The number of halogens is 5. The van der Waals surface area contributed by atoms with Gasteiger partial charge in [-0.05, 0) is 47.0 Å². The quantitative estimate of drug-likeness (QED) is 0.591. The lowest BCUT2D eigenvalue weighted by atomic mass is 9.96. The zero-order valence-corrected chi connectivity index (χ0v) is 15.3. The Kier molecular flexibility index (Phi) is 5.64. The van der Waals surface area contributed by atoms with Crippen LogP contribution in [0.2, 0.25) is 0 Å². The molecule has 0 spiro atoms. The van der Waals surface area contributed by atoms with E-state index in [0.29, 0.717) is 10.2 Å². The van der Waals surface area contributed by atoms with E-state index in [0.717, 1.165) is 38.2 Å². The minimum atomic E-state index is -4.59. The number of nitrogens with zero attached hydrogens (tertiary/aromatic N) is 2. The van der Waals surface area contributed by atoms with Crippen LogP contribution in [0.15, 0.2) is 28.7 Å². The number of rotatable bonds is 4. The second-order valence-electron chi connectivity index (χ2n) is 6.19. The van der Waals surface area contributed by atoms with E-state index in [2.05, 4.69) is 36.5 Å². The third-order valence-corrected chi connectivity index (χ3v) is 4.80. The zero-order valence-electron chi connectivity index (χ0n) is 13.7. The Labute approximate surface area is 156 Å². The Morgan fingerprint density at radius 2 is 1.77 bits per heavy atom. The molecule has 1 fully saturated rings. The lowest BCUT2D eigenvalue weighted by Gasteiger charge is -2.23. The van der Waals surface area contributed by atoms with E-state index in [-0.39, 0.29) is 17.8 Å². The van der Waals surface area contributed by atoms with Gasteiger partial charge in [-0.3, -0.25) is 0 Å². The second kappa shape index (κ2) is 7.77. The fourth-order valence-electron chi connectivity index (χ4n) is 2.88. The highest BCUT2D eigenvalue weighted by Gasteiger charge is 2.34. The molecule has 1 aliphatic rings. The molecule has 0 atom stereocenters. The average Bonchev–Trinajstić information content (AvgIpc) is 2.57. The topological polar surface area (TPSA) is 49.8 Å². The van der Waals surface area contributed by atoms with E-state index >= 15 is 0 Å². The summed E-state index contributed by atoms with van der Waals surface area (Å²) in [6, 6.07) is 4.75. The molecule has 9 heteroatoms. The molecule has 1 saturated carbocycles. The second-order valence-corrected chi connectivity index (χ2v) is 7.04. The highest BCUT2D eigenvalue weighted by atomic mass is 79.9. The number of hydrogen-bond donors (Lipinski definition) is 2. The normalized spacial score (nSPS) is 15.7. The third-order valence-electron chi connectivity index (χ3n) is 4.15. The van der Waals surface area contributed by atoms with E-state index in [9.17, 15) is 17.6 Å². The Hall–Kier alpha value is -1.90. The molecule has 4 nitrogen and oxygen atoms in total. The maximum Gasteiger partial charge on any atom is 0.433 e. The van der Waals surface area contributed by atoms with Gasteiger partial charge in [0.25, 0.3) is 0 Å². The van der Waals surface area contributed by atoms with Crippen molar-refractivity contribution in [2.75, 3.05) is 10.6 Å². The number of aromatic nitrogens is 2. The van der Waals surface area contributed by atoms with Crippen LogP contribution in [0.4, 0.5) is 35.0 Å². The molecule has 2 aromatic rings. The van der Waals surface area contributed by atoms with Crippen molar-refractivity contribution in [2.24, 2.45) is 0 Å². The number of anilines is 3. The summed E-state index contributed by atoms with van der Waals surface area (Å²) < 4.78 is 53.1. The highest BCUT2D eigenvalue weighted by molar-refractivity contribution is 9.10. The lowest BCUT2D eigenvalue weighted by molar-refractivity contribution is -0.141. The van der Waals surface area contributed by atoms with Gasteiger partial charge in [0.2, 0.25) is 5.95 Å². The van der Waals surface area contributed by atoms with Crippen LogP contribution in [0.25, 0.3) is 0 Å². The summed E-state index contributed by atoms with van der Waals surface area (Å²) >= 11 is 3.18. The number of benzene rings is 1. The maximum absolute atomic E-state index is 13.2. The minimum Gasteiger partial charge on any atom is -0.351 e. The molecule has 0 bridgehead atoms. The van der Waals surface area contributed by atoms with Gasteiger partial charge >= 0.3 is 6.18 Å². The van der Waals surface area contributed by atoms with Gasteiger partial charge in [0, 0.05) is 16.6 Å². The third kappa shape index (κ3) is 4.84. The first kappa shape index (κ1) is 18.9. The SMILES string of the molecule is Fc1ccc(Nc2cc(C(F)(F)F)nc(NC3CCCCC3)n2)c(Br)c1. The molecule has 1 aliphatic carbocycles. The first-order chi connectivity index (χ1) is 12.3. The Bertz CT molecular complexity index is 776. The van der Waals surface area contributed by atoms with Crippen LogP contribution in [0, 0.1) is 5.82 Å². The van der Waals surface area contributed by atoms with Crippen molar-refractivity contribution in [3.63, 3.8) is 0 Å². The van der Waals surface area contributed by atoms with E-state index in [1.165, 1.54) is 18.2 Å². The van der Waals surface area contributed by atoms with E-state index in [1.54, 1.807) is 0 Å². The minimum absolute atomic E-state index is 0.0158. The largest absolute Gasteiger partial charge is 0.433 e. The number of alkyl halides is 3. The predicted molar refractivity (Wildman–Crippen MR) is 94.9 cm³/mol. The molecule has 3 rings (SSSR count). The first-order valence-corrected chi connectivity index (χ1v) is 9.05. The van der Waals surface area contributed by atoms with Crippen LogP contribution in [-0.4, -0.2) is 16.0 Å². The predicted octanol–water partition coefficient (Wildman–Crippen LogP) is 5.89. The summed E-state index contributed by atoms with van der Waals surface area (Å²) in [4.78, 5) is 7.77. The van der Waals surface area contributed by atoms with Crippen LogP contribution in [-0.2, 0) is 6.18 Å². The van der Waals surface area contributed by atoms with Crippen molar-refractivity contribution in [2.45, 2.75) is 44.3 Å². The van der Waals surface area contributed by atoms with Crippen LogP contribution in [0.1, 0.15) is 37.8 Å². The highest BCUT2D eigenvalue weighted by Crippen LogP contribution is 2.32. The maximum atomic E-state index is 13.2. The van der Waals surface area contributed by atoms with Crippen molar-refractivity contribution in [3.05, 3.63) is 40.2 Å². The Morgan fingerprint density at radius 3 is 2.42 bits per heavy atom. The van der Waals surface area contributed by atoms with Crippen molar-refractivity contribution in [1.82, 2.24) is 9.97 Å². The van der Waals surface area contributed by atoms with Crippen molar-refractivity contribution >= 4 is 33.4 Å². The van der Waals surface area contributed by atoms with Gasteiger partial charge in [-0.15, -0.1) is 0 Å². The summed E-state index contributed by atoms with van der Waals surface area (Å²) in [5.41, 5.74) is -0.631.